The number of carbonyl (C=O) groups is 1. The third-order valence-corrected chi connectivity index (χ3v) is 6.70. The van der Waals surface area contributed by atoms with Crippen molar-refractivity contribution in [3.8, 4) is 17.2 Å². The topological polar surface area (TPSA) is 94.9 Å². The number of carbonyl (C=O) groups excluding carboxylic acids is 1. The molecule has 9 nitrogen and oxygen atoms in total. The van der Waals surface area contributed by atoms with Gasteiger partial charge in [0.25, 0.3) is 5.56 Å². The lowest BCUT2D eigenvalue weighted by atomic mass is 10.0. The number of likely N-dealkylation sites (tertiary alicyclic amines) is 1. The van der Waals surface area contributed by atoms with Gasteiger partial charge in [-0.1, -0.05) is 18.2 Å². The Labute approximate surface area is 211 Å². The predicted molar refractivity (Wildman–Crippen MR) is 138 cm³/mol. The van der Waals surface area contributed by atoms with Crippen molar-refractivity contribution >= 4 is 16.8 Å². The molecule has 0 aliphatic carbocycles. The number of ether oxygens (including phenoxy) is 3. The lowest BCUT2D eigenvalue weighted by Gasteiger charge is -2.29. The van der Waals surface area contributed by atoms with E-state index >= 15 is 0 Å². The summed E-state index contributed by atoms with van der Waals surface area (Å²) >= 11 is 0. The van der Waals surface area contributed by atoms with Crippen molar-refractivity contribution in [2.45, 2.75) is 38.3 Å². The van der Waals surface area contributed by atoms with Gasteiger partial charge in [-0.05, 0) is 44.5 Å². The Bertz CT molecular complexity index is 1250. The molecule has 36 heavy (non-hydrogen) atoms. The van der Waals surface area contributed by atoms with Crippen LogP contribution in [0.5, 0.6) is 17.2 Å². The number of methoxy groups -OCH3 is 3. The molecule has 2 heterocycles. The van der Waals surface area contributed by atoms with Gasteiger partial charge in [0.15, 0.2) is 11.5 Å². The number of amides is 1. The smallest absolute Gasteiger partial charge is 0.261 e. The maximum atomic E-state index is 13.0. The third kappa shape index (κ3) is 5.62. The van der Waals surface area contributed by atoms with E-state index < -0.39 is 0 Å². The van der Waals surface area contributed by atoms with Gasteiger partial charge in [-0.25, -0.2) is 4.98 Å². The van der Waals surface area contributed by atoms with Gasteiger partial charge in [-0.2, -0.15) is 0 Å². The van der Waals surface area contributed by atoms with Gasteiger partial charge >= 0.3 is 0 Å². The predicted octanol–water partition coefficient (Wildman–Crippen LogP) is 3.16. The Balaban J connectivity index is 1.37. The molecule has 0 saturated carbocycles. The molecule has 1 amide bonds. The summed E-state index contributed by atoms with van der Waals surface area (Å²) in [4.78, 5) is 32.4. The normalized spacial score (nSPS) is 14.5. The molecule has 1 saturated heterocycles. The molecule has 1 N–H and O–H groups in total. The van der Waals surface area contributed by atoms with Crippen LogP contribution in [0.1, 0.15) is 37.3 Å². The highest BCUT2D eigenvalue weighted by Crippen LogP contribution is 2.31. The van der Waals surface area contributed by atoms with Gasteiger partial charge in [-0.15, -0.1) is 0 Å². The number of fused-ring (bicyclic) bond motifs is 1. The lowest BCUT2D eigenvalue weighted by molar-refractivity contribution is -0.121. The van der Waals surface area contributed by atoms with Gasteiger partial charge in [0.1, 0.15) is 5.75 Å². The summed E-state index contributed by atoms with van der Waals surface area (Å²) in [5.74, 6) is 1.79. The summed E-state index contributed by atoms with van der Waals surface area (Å²) < 4.78 is 17.7. The highest BCUT2D eigenvalue weighted by Gasteiger charge is 2.26. The number of para-hydroxylation sites is 1. The quantitative estimate of drug-likeness (QED) is 0.438. The summed E-state index contributed by atoms with van der Waals surface area (Å²) in [6.07, 6.45) is 4.67. The molecule has 1 aliphatic heterocycles. The second kappa shape index (κ2) is 11.9. The van der Waals surface area contributed by atoms with Crippen LogP contribution in [-0.2, 0) is 11.3 Å². The fourth-order valence-corrected chi connectivity index (χ4v) is 4.78. The molecule has 4 rings (SSSR count). The number of nitrogens with one attached hydrogen (secondary N) is 1. The summed E-state index contributed by atoms with van der Waals surface area (Å²) in [6, 6.07) is 11.4. The van der Waals surface area contributed by atoms with Crippen LogP contribution in [0.2, 0.25) is 0 Å². The molecule has 0 spiro atoms. The van der Waals surface area contributed by atoms with Crippen LogP contribution in [0.3, 0.4) is 0 Å². The molecule has 1 aromatic heterocycles. The van der Waals surface area contributed by atoms with E-state index in [9.17, 15) is 9.59 Å². The van der Waals surface area contributed by atoms with Crippen molar-refractivity contribution in [3.63, 3.8) is 0 Å². The number of hydrogen-bond acceptors (Lipinski definition) is 7. The first kappa shape index (κ1) is 25.5. The second-order valence-corrected chi connectivity index (χ2v) is 8.88. The fraction of sp³-hybridized carbons (Fsp3) is 0.444. The number of benzene rings is 2. The fourth-order valence-electron chi connectivity index (χ4n) is 4.78. The molecule has 2 aromatic carbocycles. The van der Waals surface area contributed by atoms with Crippen molar-refractivity contribution in [1.29, 1.82) is 0 Å². The SMILES string of the molecule is COc1cc2ncn(CCCC(=O)NCC(c3ccccc3OC)N3CCCC3)c(=O)c2cc1OC. The Hall–Kier alpha value is -3.59. The van der Waals surface area contributed by atoms with E-state index in [4.69, 9.17) is 14.2 Å². The van der Waals surface area contributed by atoms with Crippen molar-refractivity contribution < 1.29 is 19.0 Å². The highest BCUT2D eigenvalue weighted by molar-refractivity contribution is 5.81. The molecule has 3 aromatic rings. The van der Waals surface area contributed by atoms with Gasteiger partial charge in [-0.3, -0.25) is 19.1 Å². The van der Waals surface area contributed by atoms with Crippen molar-refractivity contribution in [1.82, 2.24) is 19.8 Å². The van der Waals surface area contributed by atoms with Crippen LogP contribution in [-0.4, -0.2) is 61.3 Å². The van der Waals surface area contributed by atoms with E-state index in [1.165, 1.54) is 18.0 Å². The summed E-state index contributed by atoms with van der Waals surface area (Å²) in [5.41, 5.74) is 1.45. The number of hydrogen-bond donors (Lipinski definition) is 1. The third-order valence-electron chi connectivity index (χ3n) is 6.70. The van der Waals surface area contributed by atoms with E-state index in [2.05, 4.69) is 21.3 Å². The van der Waals surface area contributed by atoms with E-state index in [-0.39, 0.29) is 17.5 Å². The van der Waals surface area contributed by atoms with Crippen LogP contribution >= 0.6 is 0 Å². The summed E-state index contributed by atoms with van der Waals surface area (Å²) in [5, 5.41) is 3.55. The Kier molecular flexibility index (Phi) is 8.43. The second-order valence-electron chi connectivity index (χ2n) is 8.88. The van der Waals surface area contributed by atoms with Crippen LogP contribution in [0.4, 0.5) is 0 Å². The summed E-state index contributed by atoms with van der Waals surface area (Å²) in [6.45, 7) is 2.92. The van der Waals surface area contributed by atoms with Crippen LogP contribution in [0.15, 0.2) is 47.5 Å². The van der Waals surface area contributed by atoms with Gasteiger partial charge < -0.3 is 19.5 Å². The van der Waals surface area contributed by atoms with Crippen molar-refractivity contribution in [2.75, 3.05) is 41.0 Å². The number of rotatable bonds is 11. The number of aryl methyl sites for hydroxylation is 1. The average molecular weight is 495 g/mol. The first-order valence-electron chi connectivity index (χ1n) is 12.3. The molecule has 1 aliphatic rings. The van der Waals surface area contributed by atoms with Gasteiger partial charge in [0.2, 0.25) is 5.91 Å². The number of nitrogens with zero attached hydrogens (tertiary/aromatic N) is 3. The highest BCUT2D eigenvalue weighted by atomic mass is 16.5. The minimum absolute atomic E-state index is 0.0395. The molecular weight excluding hydrogens is 460 g/mol. The zero-order valence-corrected chi connectivity index (χ0v) is 21.2. The monoisotopic (exact) mass is 494 g/mol. The van der Waals surface area contributed by atoms with E-state index in [0.29, 0.717) is 48.3 Å². The minimum Gasteiger partial charge on any atom is -0.496 e. The van der Waals surface area contributed by atoms with Crippen LogP contribution in [0.25, 0.3) is 10.9 Å². The van der Waals surface area contributed by atoms with E-state index in [0.717, 1.165) is 37.2 Å². The number of aromatic nitrogens is 2. The van der Waals surface area contributed by atoms with E-state index in [1.807, 2.05) is 18.2 Å². The average Bonchev–Trinajstić information content (AvgIpc) is 3.44. The Morgan fingerprint density at radius 3 is 2.44 bits per heavy atom. The molecule has 1 unspecified atom stereocenters. The van der Waals surface area contributed by atoms with Crippen LogP contribution < -0.4 is 25.1 Å². The Morgan fingerprint density at radius 2 is 1.72 bits per heavy atom. The molecular formula is C27H34N4O5. The molecule has 0 radical (unpaired) electrons. The van der Waals surface area contributed by atoms with Gasteiger partial charge in [0.05, 0.1) is 44.6 Å². The Morgan fingerprint density at radius 1 is 1.03 bits per heavy atom. The molecule has 0 bridgehead atoms. The first-order chi connectivity index (χ1) is 17.5. The first-order valence-corrected chi connectivity index (χ1v) is 12.3. The minimum atomic E-state index is -0.174. The van der Waals surface area contributed by atoms with Crippen molar-refractivity contribution in [2.24, 2.45) is 0 Å². The van der Waals surface area contributed by atoms with Gasteiger partial charge in [0, 0.05) is 31.1 Å². The molecule has 9 heteroatoms. The molecule has 192 valence electrons. The standard InChI is InChI=1S/C27H34N4O5/c1-34-23-10-5-4-9-19(23)22(30-12-6-7-13-30)17-28-26(32)11-8-14-31-18-29-21-16-25(36-3)24(35-2)15-20(21)27(31)33/h4-5,9-10,15-16,18,22H,6-8,11-14,17H2,1-3H3,(H,28,32). The largest absolute Gasteiger partial charge is 0.496 e. The maximum Gasteiger partial charge on any atom is 0.261 e. The maximum absolute atomic E-state index is 13.0. The molecule has 1 atom stereocenters. The van der Waals surface area contributed by atoms with E-state index in [1.54, 1.807) is 26.4 Å². The summed E-state index contributed by atoms with van der Waals surface area (Å²) in [7, 11) is 4.74. The van der Waals surface area contributed by atoms with Crippen LogP contribution in [0, 0.1) is 0 Å². The lowest BCUT2D eigenvalue weighted by Crippen LogP contribution is -2.37. The molecule has 1 fully saturated rings. The van der Waals surface area contributed by atoms with Crippen molar-refractivity contribution in [3.05, 3.63) is 58.6 Å². The zero-order valence-electron chi connectivity index (χ0n) is 21.2. The zero-order chi connectivity index (χ0) is 25.5.